The second kappa shape index (κ2) is 4.91. The number of hydrogen-bond acceptors (Lipinski definition) is 2. The van der Waals surface area contributed by atoms with Crippen LogP contribution in [0.1, 0.15) is 76.8 Å². The van der Waals surface area contributed by atoms with Gasteiger partial charge in [0.2, 0.25) is 0 Å². The molecule has 4 rings (SSSR count). The summed E-state index contributed by atoms with van der Waals surface area (Å²) in [5.74, 6) is 3.22. The van der Waals surface area contributed by atoms with Gasteiger partial charge < -0.3 is 9.84 Å². The van der Waals surface area contributed by atoms with Crippen molar-refractivity contribution in [3.05, 3.63) is 23.3 Å². The molecule has 0 amide bonds. The van der Waals surface area contributed by atoms with Gasteiger partial charge in [0.05, 0.1) is 0 Å². The molecule has 1 aromatic carbocycles. The molecular formula is C21H30O2. The molecule has 0 bridgehead atoms. The van der Waals surface area contributed by atoms with Crippen LogP contribution in [0.3, 0.4) is 0 Å². The van der Waals surface area contributed by atoms with Crippen molar-refractivity contribution in [2.24, 2.45) is 17.3 Å². The molecule has 3 unspecified atom stereocenters. The van der Waals surface area contributed by atoms with E-state index >= 15 is 0 Å². The fraction of sp³-hybridized carbons (Fsp3) is 0.714. The molecule has 1 N–H and O–H groups in total. The van der Waals surface area contributed by atoms with E-state index in [1.54, 1.807) is 0 Å². The number of benzene rings is 1. The normalized spacial score (nSPS) is 35.9. The van der Waals surface area contributed by atoms with Gasteiger partial charge in [-0.3, -0.25) is 0 Å². The van der Waals surface area contributed by atoms with Gasteiger partial charge in [-0.1, -0.05) is 33.6 Å². The van der Waals surface area contributed by atoms with Crippen molar-refractivity contribution in [2.45, 2.75) is 77.7 Å². The Bertz CT molecular complexity index is 633. The van der Waals surface area contributed by atoms with E-state index in [-0.39, 0.29) is 11.0 Å². The first-order chi connectivity index (χ1) is 10.9. The van der Waals surface area contributed by atoms with E-state index < -0.39 is 0 Å². The summed E-state index contributed by atoms with van der Waals surface area (Å²) >= 11 is 0. The number of ether oxygens (including phenoxy) is 1. The van der Waals surface area contributed by atoms with Gasteiger partial charge in [0.25, 0.3) is 0 Å². The minimum Gasteiger partial charge on any atom is -0.508 e. The standard InChI is InChI=1S/C21H30O2/c1-5-6-7-8-13-11-15(22)17-16(12-13)23-21(4)10-9-14-18(21)19(17)20(14,2)3/h11-12,14,18-19,22H,5-10H2,1-4H3/t14?,18?,19-,21?/m1/s1. The molecule has 126 valence electrons. The van der Waals surface area contributed by atoms with Crippen LogP contribution in [-0.4, -0.2) is 10.7 Å². The average molecular weight is 314 g/mol. The number of aromatic hydroxyl groups is 1. The molecule has 3 aliphatic rings. The van der Waals surface area contributed by atoms with E-state index in [0.29, 0.717) is 17.6 Å². The zero-order valence-electron chi connectivity index (χ0n) is 15.0. The largest absolute Gasteiger partial charge is 0.508 e. The first-order valence-corrected chi connectivity index (χ1v) is 9.43. The molecule has 0 saturated heterocycles. The summed E-state index contributed by atoms with van der Waals surface area (Å²) < 4.78 is 6.51. The zero-order chi connectivity index (χ0) is 16.4. The smallest absolute Gasteiger partial charge is 0.127 e. The number of rotatable bonds is 4. The number of hydrogen-bond donors (Lipinski definition) is 1. The summed E-state index contributed by atoms with van der Waals surface area (Å²) in [6, 6.07) is 4.22. The lowest BCUT2D eigenvalue weighted by molar-refractivity contribution is -0.121. The van der Waals surface area contributed by atoms with Crippen LogP contribution < -0.4 is 4.74 Å². The minimum atomic E-state index is -0.0215. The van der Waals surface area contributed by atoms with Gasteiger partial charge in [-0.15, -0.1) is 0 Å². The Morgan fingerprint density at radius 2 is 2.00 bits per heavy atom. The predicted molar refractivity (Wildman–Crippen MR) is 93.1 cm³/mol. The third kappa shape index (κ3) is 1.99. The van der Waals surface area contributed by atoms with Crippen LogP contribution in [0, 0.1) is 17.3 Å². The van der Waals surface area contributed by atoms with Crippen LogP contribution in [0.25, 0.3) is 0 Å². The first-order valence-electron chi connectivity index (χ1n) is 9.43. The molecule has 4 atom stereocenters. The Morgan fingerprint density at radius 3 is 2.74 bits per heavy atom. The predicted octanol–water partition coefficient (Wildman–Crippen LogP) is 5.43. The molecule has 0 radical (unpaired) electrons. The minimum absolute atomic E-state index is 0.0215. The molecule has 1 aliphatic heterocycles. The monoisotopic (exact) mass is 314 g/mol. The van der Waals surface area contributed by atoms with Crippen molar-refractivity contribution in [1.82, 2.24) is 0 Å². The molecule has 23 heavy (non-hydrogen) atoms. The molecule has 2 nitrogen and oxygen atoms in total. The summed E-state index contributed by atoms with van der Waals surface area (Å²) in [6.45, 7) is 9.29. The maximum absolute atomic E-state index is 10.7. The van der Waals surface area contributed by atoms with Crippen molar-refractivity contribution in [1.29, 1.82) is 0 Å². The van der Waals surface area contributed by atoms with E-state index in [1.807, 2.05) is 6.07 Å². The van der Waals surface area contributed by atoms with Crippen LogP contribution in [-0.2, 0) is 6.42 Å². The highest BCUT2D eigenvalue weighted by Gasteiger charge is 2.69. The van der Waals surface area contributed by atoms with E-state index in [9.17, 15) is 5.11 Å². The van der Waals surface area contributed by atoms with Crippen molar-refractivity contribution >= 4 is 0 Å². The second-order valence-electron chi connectivity index (χ2n) is 8.87. The van der Waals surface area contributed by atoms with Crippen LogP contribution in [0.15, 0.2) is 12.1 Å². The number of fused-ring (bicyclic) bond motifs is 2. The Morgan fingerprint density at radius 1 is 1.22 bits per heavy atom. The lowest BCUT2D eigenvalue weighted by Gasteiger charge is -2.62. The van der Waals surface area contributed by atoms with Gasteiger partial charge in [0.1, 0.15) is 17.1 Å². The highest BCUT2D eigenvalue weighted by atomic mass is 16.5. The summed E-state index contributed by atoms with van der Waals surface area (Å²) in [6.07, 6.45) is 7.12. The van der Waals surface area contributed by atoms with Gasteiger partial charge in [-0.05, 0) is 61.6 Å². The zero-order valence-corrected chi connectivity index (χ0v) is 15.0. The van der Waals surface area contributed by atoms with E-state index in [1.165, 1.54) is 31.2 Å². The highest BCUT2D eigenvalue weighted by Crippen LogP contribution is 2.74. The van der Waals surface area contributed by atoms with E-state index in [4.69, 9.17) is 4.74 Å². The topological polar surface area (TPSA) is 29.5 Å². The summed E-state index contributed by atoms with van der Waals surface area (Å²) in [5, 5.41) is 10.7. The lowest BCUT2D eigenvalue weighted by Crippen LogP contribution is -2.59. The Balaban J connectivity index is 1.73. The van der Waals surface area contributed by atoms with Crippen molar-refractivity contribution < 1.29 is 9.84 Å². The Hall–Kier alpha value is -1.18. The molecule has 1 aromatic rings. The Kier molecular flexibility index (Phi) is 3.28. The van der Waals surface area contributed by atoms with Crippen LogP contribution >= 0.6 is 0 Å². The number of phenols is 1. The van der Waals surface area contributed by atoms with Gasteiger partial charge >= 0.3 is 0 Å². The number of unbranched alkanes of at least 4 members (excludes halogenated alkanes) is 2. The van der Waals surface area contributed by atoms with Crippen LogP contribution in [0.5, 0.6) is 11.5 Å². The Labute approximate surface area is 140 Å². The fourth-order valence-electron chi connectivity index (χ4n) is 5.92. The van der Waals surface area contributed by atoms with Crippen molar-refractivity contribution in [3.63, 3.8) is 0 Å². The van der Waals surface area contributed by atoms with E-state index in [0.717, 1.165) is 30.1 Å². The second-order valence-corrected chi connectivity index (χ2v) is 8.87. The third-order valence-corrected chi connectivity index (χ3v) is 7.11. The van der Waals surface area contributed by atoms with Crippen LogP contribution in [0.2, 0.25) is 0 Å². The summed E-state index contributed by atoms with van der Waals surface area (Å²) in [5.41, 5.74) is 2.58. The number of phenolic OH excluding ortho intramolecular Hbond substituents is 1. The molecule has 0 aromatic heterocycles. The fourth-order valence-corrected chi connectivity index (χ4v) is 5.92. The molecule has 0 spiro atoms. The molecule has 2 heteroatoms. The van der Waals surface area contributed by atoms with Crippen LogP contribution in [0.4, 0.5) is 0 Å². The summed E-state index contributed by atoms with van der Waals surface area (Å²) in [7, 11) is 0. The van der Waals surface area contributed by atoms with Crippen molar-refractivity contribution in [2.75, 3.05) is 0 Å². The SMILES string of the molecule is CCCCCc1cc(O)c2c(c1)OC1(C)CCC3C1[C@@H]2C3(C)C. The van der Waals surface area contributed by atoms with Crippen molar-refractivity contribution in [3.8, 4) is 11.5 Å². The van der Waals surface area contributed by atoms with Gasteiger partial charge in [-0.2, -0.15) is 0 Å². The van der Waals surface area contributed by atoms with Gasteiger partial charge in [0, 0.05) is 17.4 Å². The van der Waals surface area contributed by atoms with Gasteiger partial charge in [0.15, 0.2) is 0 Å². The molecular weight excluding hydrogens is 284 g/mol. The maximum atomic E-state index is 10.7. The lowest BCUT2D eigenvalue weighted by atomic mass is 9.45. The third-order valence-electron chi connectivity index (χ3n) is 7.11. The quantitative estimate of drug-likeness (QED) is 0.751. The number of aryl methyl sites for hydroxylation is 1. The molecule has 1 heterocycles. The molecule has 2 aliphatic carbocycles. The van der Waals surface area contributed by atoms with E-state index in [2.05, 4.69) is 33.8 Å². The summed E-state index contributed by atoms with van der Waals surface area (Å²) in [4.78, 5) is 0. The average Bonchev–Trinajstić information content (AvgIpc) is 2.81. The maximum Gasteiger partial charge on any atom is 0.127 e. The first kappa shape index (κ1) is 15.4. The van der Waals surface area contributed by atoms with Gasteiger partial charge in [-0.25, -0.2) is 0 Å². The molecule has 2 saturated carbocycles. The highest BCUT2D eigenvalue weighted by molar-refractivity contribution is 5.55. The molecule has 2 fully saturated rings.